The van der Waals surface area contributed by atoms with Crippen LogP contribution in [0.3, 0.4) is 0 Å². The number of likely N-dealkylation sites (tertiary alicyclic amines) is 1. The second-order valence-electron chi connectivity index (χ2n) is 5.93. The van der Waals surface area contributed by atoms with Crippen molar-refractivity contribution in [1.29, 1.82) is 0 Å². The molecule has 2 heterocycles. The number of carboxylic acid groups (broad SMARTS) is 1. The molecule has 1 N–H and O–H groups in total. The first-order valence-electron chi connectivity index (χ1n) is 6.89. The van der Waals surface area contributed by atoms with Gasteiger partial charge in [-0.15, -0.1) is 0 Å². The van der Waals surface area contributed by atoms with E-state index in [1.54, 1.807) is 20.8 Å². The average Bonchev–Trinajstić information content (AvgIpc) is 3.04. The van der Waals surface area contributed by atoms with E-state index in [-0.39, 0.29) is 11.6 Å². The lowest BCUT2D eigenvalue weighted by Gasteiger charge is -2.32. The lowest BCUT2D eigenvalue weighted by Crippen LogP contribution is -2.49. The Morgan fingerprint density at radius 3 is 2.59 bits per heavy atom. The molecule has 1 aromatic rings. The second-order valence-corrected chi connectivity index (χ2v) is 5.93. The number of aliphatic carboxylic acids is 1. The van der Waals surface area contributed by atoms with Gasteiger partial charge in [-0.25, -0.2) is 0 Å². The highest BCUT2D eigenvalue weighted by Gasteiger charge is 2.44. The Kier molecular flexibility index (Phi) is 3.90. The Balaban J connectivity index is 2.23. The molecule has 1 saturated heterocycles. The van der Waals surface area contributed by atoms with Gasteiger partial charge in [0.15, 0.2) is 0 Å². The number of carbonyl (C=O) groups is 2. The van der Waals surface area contributed by atoms with Gasteiger partial charge in [-0.3, -0.25) is 24.4 Å². The molecule has 0 aromatic carbocycles. The van der Waals surface area contributed by atoms with Crippen molar-refractivity contribution in [3.63, 3.8) is 0 Å². The molecule has 0 bridgehead atoms. The van der Waals surface area contributed by atoms with Gasteiger partial charge >= 0.3 is 11.7 Å². The summed E-state index contributed by atoms with van der Waals surface area (Å²) < 4.78 is 1.24. The van der Waals surface area contributed by atoms with Crippen LogP contribution in [0.2, 0.25) is 0 Å². The summed E-state index contributed by atoms with van der Waals surface area (Å²) in [5, 5.41) is 23.8. The lowest BCUT2D eigenvalue weighted by atomic mass is 10.00. The smallest absolute Gasteiger partial charge is 0.308 e. The Bertz CT molecular complexity index is 624. The quantitative estimate of drug-likeness (QED) is 0.650. The van der Waals surface area contributed by atoms with E-state index in [1.165, 1.54) is 15.8 Å². The number of aromatic nitrogens is 2. The molecule has 9 heteroatoms. The number of carboxylic acids is 1. The highest BCUT2D eigenvalue weighted by atomic mass is 16.6. The molecular weight excluding hydrogens is 292 g/mol. The first kappa shape index (κ1) is 15.9. The summed E-state index contributed by atoms with van der Waals surface area (Å²) in [7, 11) is 0. The van der Waals surface area contributed by atoms with Crippen LogP contribution in [0.1, 0.15) is 27.2 Å². The number of hydrogen-bond acceptors (Lipinski definition) is 5. The maximum atomic E-state index is 12.7. The molecule has 1 aliphatic rings. The van der Waals surface area contributed by atoms with Gasteiger partial charge in [0.1, 0.15) is 17.9 Å². The molecule has 1 amide bonds. The van der Waals surface area contributed by atoms with Gasteiger partial charge in [-0.1, -0.05) is 0 Å². The average molecular weight is 310 g/mol. The minimum Gasteiger partial charge on any atom is -0.481 e. The first-order chi connectivity index (χ1) is 10.2. The molecule has 0 spiro atoms. The highest BCUT2D eigenvalue weighted by molar-refractivity contribution is 5.85. The Hall–Kier alpha value is -2.45. The summed E-state index contributed by atoms with van der Waals surface area (Å²) in [6.07, 6.45) is 2.69. The van der Waals surface area contributed by atoms with Crippen LogP contribution in [-0.4, -0.2) is 49.2 Å². The van der Waals surface area contributed by atoms with E-state index >= 15 is 0 Å². The maximum absolute atomic E-state index is 12.7. The molecule has 120 valence electrons. The summed E-state index contributed by atoms with van der Waals surface area (Å²) in [4.78, 5) is 35.5. The fourth-order valence-electron chi connectivity index (χ4n) is 2.72. The monoisotopic (exact) mass is 310 g/mol. The normalized spacial score (nSPS) is 21.9. The van der Waals surface area contributed by atoms with E-state index in [1.807, 2.05) is 0 Å². The number of nitro groups is 1. The zero-order valence-electron chi connectivity index (χ0n) is 12.6. The summed E-state index contributed by atoms with van der Waals surface area (Å²) in [5.41, 5.74) is -1.32. The van der Waals surface area contributed by atoms with Crippen LogP contribution in [0.5, 0.6) is 0 Å². The van der Waals surface area contributed by atoms with Crippen LogP contribution in [0, 0.1) is 16.0 Å². The van der Waals surface area contributed by atoms with Crippen molar-refractivity contribution in [2.75, 3.05) is 6.54 Å². The predicted molar refractivity (Wildman–Crippen MR) is 75.1 cm³/mol. The summed E-state index contributed by atoms with van der Waals surface area (Å²) in [6.45, 7) is 5.26. The van der Waals surface area contributed by atoms with Gasteiger partial charge in [0.05, 0.1) is 10.8 Å². The third-order valence-corrected chi connectivity index (χ3v) is 4.21. The summed E-state index contributed by atoms with van der Waals surface area (Å²) in [5.74, 6) is -1.82. The van der Waals surface area contributed by atoms with Gasteiger partial charge in [-0.2, -0.15) is 5.10 Å². The van der Waals surface area contributed by atoms with E-state index in [9.17, 15) is 19.7 Å². The SMILES string of the molecule is CC1C(C(=O)O)CCN1C(=O)C(C)(C)n1cc([N+](=O)[O-])cn1. The van der Waals surface area contributed by atoms with Crippen molar-refractivity contribution in [3.8, 4) is 0 Å². The zero-order valence-corrected chi connectivity index (χ0v) is 12.6. The molecule has 0 aliphatic carbocycles. The fraction of sp³-hybridized carbons (Fsp3) is 0.615. The Labute approximate surface area is 126 Å². The molecule has 2 unspecified atom stereocenters. The van der Waals surface area contributed by atoms with E-state index in [4.69, 9.17) is 5.11 Å². The van der Waals surface area contributed by atoms with E-state index in [0.717, 1.165) is 6.20 Å². The molecule has 1 aromatic heterocycles. The molecule has 9 nitrogen and oxygen atoms in total. The van der Waals surface area contributed by atoms with Gasteiger partial charge < -0.3 is 10.0 Å². The molecule has 0 radical (unpaired) electrons. The molecule has 22 heavy (non-hydrogen) atoms. The van der Waals surface area contributed by atoms with Crippen molar-refractivity contribution in [3.05, 3.63) is 22.5 Å². The molecule has 2 atom stereocenters. The van der Waals surface area contributed by atoms with Gasteiger partial charge in [0.25, 0.3) is 0 Å². The van der Waals surface area contributed by atoms with Crippen molar-refractivity contribution in [1.82, 2.24) is 14.7 Å². The standard InChI is InChI=1S/C13H18N4O5/c1-8-10(11(18)19)4-5-15(8)12(20)13(2,3)16-7-9(6-14-16)17(21)22/h6-8,10H,4-5H2,1-3H3,(H,18,19). The molecule has 2 rings (SSSR count). The summed E-state index contributed by atoms with van der Waals surface area (Å²) in [6, 6.07) is -0.421. The van der Waals surface area contributed by atoms with Crippen molar-refractivity contribution in [2.24, 2.45) is 5.92 Å². The number of rotatable bonds is 4. The Morgan fingerprint density at radius 2 is 2.14 bits per heavy atom. The van der Waals surface area contributed by atoms with Gasteiger partial charge in [-0.05, 0) is 27.2 Å². The van der Waals surface area contributed by atoms with Crippen LogP contribution < -0.4 is 0 Å². The minimum atomic E-state index is -1.13. The minimum absolute atomic E-state index is 0.196. The largest absolute Gasteiger partial charge is 0.481 e. The lowest BCUT2D eigenvalue weighted by molar-refractivity contribution is -0.385. The second kappa shape index (κ2) is 5.39. The van der Waals surface area contributed by atoms with E-state index < -0.39 is 28.4 Å². The Morgan fingerprint density at radius 1 is 1.50 bits per heavy atom. The fourth-order valence-corrected chi connectivity index (χ4v) is 2.72. The molecule has 1 fully saturated rings. The third kappa shape index (κ3) is 2.53. The summed E-state index contributed by atoms with van der Waals surface area (Å²) >= 11 is 0. The van der Waals surface area contributed by atoms with Gasteiger partial charge in [0.2, 0.25) is 5.91 Å². The topological polar surface area (TPSA) is 119 Å². The highest BCUT2D eigenvalue weighted by Crippen LogP contribution is 2.29. The van der Waals surface area contributed by atoms with Gasteiger partial charge in [0, 0.05) is 12.6 Å². The number of hydrogen-bond donors (Lipinski definition) is 1. The third-order valence-electron chi connectivity index (χ3n) is 4.21. The number of amides is 1. The van der Waals surface area contributed by atoms with Crippen molar-refractivity contribution < 1.29 is 19.6 Å². The molecule has 0 saturated carbocycles. The van der Waals surface area contributed by atoms with Crippen LogP contribution in [-0.2, 0) is 15.1 Å². The predicted octanol–water partition coefficient (Wildman–Crippen LogP) is 0.848. The molecular formula is C13H18N4O5. The van der Waals surface area contributed by atoms with Crippen LogP contribution in [0.4, 0.5) is 5.69 Å². The van der Waals surface area contributed by atoms with Crippen LogP contribution in [0.15, 0.2) is 12.4 Å². The van der Waals surface area contributed by atoms with Crippen molar-refractivity contribution >= 4 is 17.6 Å². The van der Waals surface area contributed by atoms with Crippen LogP contribution in [0.25, 0.3) is 0 Å². The number of nitrogens with zero attached hydrogens (tertiary/aromatic N) is 4. The molecule has 1 aliphatic heterocycles. The number of carbonyl (C=O) groups excluding carboxylic acids is 1. The van der Waals surface area contributed by atoms with Crippen LogP contribution >= 0.6 is 0 Å². The van der Waals surface area contributed by atoms with E-state index in [0.29, 0.717) is 13.0 Å². The maximum Gasteiger partial charge on any atom is 0.308 e. The van der Waals surface area contributed by atoms with E-state index in [2.05, 4.69) is 5.10 Å². The first-order valence-corrected chi connectivity index (χ1v) is 6.89. The van der Waals surface area contributed by atoms with Crippen molar-refractivity contribution in [2.45, 2.75) is 38.8 Å². The zero-order chi connectivity index (χ0) is 16.7.